The van der Waals surface area contributed by atoms with Crippen molar-refractivity contribution in [2.75, 3.05) is 0 Å². The van der Waals surface area contributed by atoms with Crippen molar-refractivity contribution in [3.63, 3.8) is 0 Å². The number of nitrogens with one attached hydrogen (secondary N) is 1. The molecule has 124 valence electrons. The van der Waals surface area contributed by atoms with Crippen LogP contribution in [0.5, 0.6) is 0 Å². The van der Waals surface area contributed by atoms with E-state index >= 15 is 0 Å². The van der Waals surface area contributed by atoms with Gasteiger partial charge in [0.1, 0.15) is 6.23 Å². The molecule has 1 aliphatic rings. The van der Waals surface area contributed by atoms with E-state index in [1.165, 1.54) is 10.8 Å². The Kier molecular flexibility index (Phi) is 5.03. The SMILES string of the molecule is CC[C@H]1O[C@@H](n2cc(C)c(=O)[nH]c2=O)CCC1OP(=O)(O)O. The van der Waals surface area contributed by atoms with Crippen molar-refractivity contribution >= 4 is 7.82 Å². The fourth-order valence-corrected chi connectivity index (χ4v) is 3.10. The number of aromatic amines is 1. The van der Waals surface area contributed by atoms with Crippen molar-refractivity contribution in [2.45, 2.75) is 51.5 Å². The summed E-state index contributed by atoms with van der Waals surface area (Å²) in [7, 11) is -4.60. The summed E-state index contributed by atoms with van der Waals surface area (Å²) in [6.45, 7) is 3.37. The molecule has 1 unspecified atom stereocenters. The maximum Gasteiger partial charge on any atom is 0.469 e. The van der Waals surface area contributed by atoms with Crippen molar-refractivity contribution in [1.29, 1.82) is 0 Å². The highest BCUT2D eigenvalue weighted by Gasteiger charge is 2.36. The highest BCUT2D eigenvalue weighted by molar-refractivity contribution is 7.46. The Balaban J connectivity index is 2.21. The van der Waals surface area contributed by atoms with Gasteiger partial charge in [-0.05, 0) is 26.2 Å². The van der Waals surface area contributed by atoms with Crippen molar-refractivity contribution in [1.82, 2.24) is 9.55 Å². The summed E-state index contributed by atoms with van der Waals surface area (Å²) in [6, 6.07) is 0. The van der Waals surface area contributed by atoms with Gasteiger partial charge in [-0.3, -0.25) is 18.9 Å². The molecule has 0 amide bonds. The zero-order valence-corrected chi connectivity index (χ0v) is 13.2. The van der Waals surface area contributed by atoms with Crippen LogP contribution in [-0.4, -0.2) is 31.5 Å². The van der Waals surface area contributed by atoms with Gasteiger partial charge in [-0.15, -0.1) is 0 Å². The minimum atomic E-state index is -4.60. The van der Waals surface area contributed by atoms with Crippen molar-refractivity contribution in [3.05, 3.63) is 32.6 Å². The molecule has 9 nitrogen and oxygen atoms in total. The second-order valence-corrected chi connectivity index (χ2v) is 6.42. The maximum atomic E-state index is 11.9. The lowest BCUT2D eigenvalue weighted by molar-refractivity contribution is -0.144. The average Bonchev–Trinajstić information content (AvgIpc) is 2.42. The highest BCUT2D eigenvalue weighted by atomic mass is 31.2. The maximum absolute atomic E-state index is 11.9. The van der Waals surface area contributed by atoms with Gasteiger partial charge in [0, 0.05) is 11.8 Å². The summed E-state index contributed by atoms with van der Waals surface area (Å²) >= 11 is 0. The molecule has 0 aromatic carbocycles. The number of ether oxygens (including phenoxy) is 1. The van der Waals surface area contributed by atoms with Gasteiger partial charge >= 0.3 is 13.5 Å². The van der Waals surface area contributed by atoms with Crippen molar-refractivity contribution in [3.8, 4) is 0 Å². The third-order valence-corrected chi connectivity index (χ3v) is 4.12. The van der Waals surface area contributed by atoms with E-state index < -0.39 is 37.5 Å². The summed E-state index contributed by atoms with van der Waals surface area (Å²) in [5.74, 6) is 0. The number of phosphoric acid groups is 1. The predicted molar refractivity (Wildman–Crippen MR) is 76.4 cm³/mol. The van der Waals surface area contributed by atoms with E-state index in [1.807, 2.05) is 0 Å². The molecule has 0 spiro atoms. The van der Waals surface area contributed by atoms with Gasteiger partial charge in [-0.25, -0.2) is 9.36 Å². The van der Waals surface area contributed by atoms with E-state index in [0.29, 0.717) is 24.8 Å². The Labute approximate surface area is 126 Å². The first-order valence-electron chi connectivity index (χ1n) is 6.92. The first-order chi connectivity index (χ1) is 10.2. The molecule has 22 heavy (non-hydrogen) atoms. The monoisotopic (exact) mass is 334 g/mol. The second-order valence-electron chi connectivity index (χ2n) is 5.23. The molecule has 1 aromatic rings. The molecule has 2 heterocycles. The fraction of sp³-hybridized carbons (Fsp3) is 0.667. The molecule has 0 saturated carbocycles. The largest absolute Gasteiger partial charge is 0.469 e. The lowest BCUT2D eigenvalue weighted by Crippen LogP contribution is -2.42. The zero-order valence-electron chi connectivity index (χ0n) is 12.3. The molecule has 0 aliphatic carbocycles. The zero-order chi connectivity index (χ0) is 16.5. The minimum absolute atomic E-state index is 0.332. The molecular formula is C12H19N2O7P. The van der Waals surface area contributed by atoms with Crippen LogP contribution < -0.4 is 11.2 Å². The number of aromatic nitrogens is 2. The van der Waals surface area contributed by atoms with Crippen LogP contribution in [0.4, 0.5) is 0 Å². The molecule has 0 bridgehead atoms. The number of hydrogen-bond acceptors (Lipinski definition) is 5. The number of H-pyrrole nitrogens is 1. The molecule has 3 N–H and O–H groups in total. The van der Waals surface area contributed by atoms with Gasteiger partial charge in [-0.2, -0.15) is 0 Å². The highest BCUT2D eigenvalue weighted by Crippen LogP contribution is 2.42. The van der Waals surface area contributed by atoms with Crippen LogP contribution in [0.2, 0.25) is 0 Å². The molecule has 3 atom stereocenters. The summed E-state index contributed by atoms with van der Waals surface area (Å²) in [6.07, 6.45) is 0.670. The first kappa shape index (κ1) is 17.1. The van der Waals surface area contributed by atoms with Crippen LogP contribution in [0, 0.1) is 6.92 Å². The summed E-state index contributed by atoms with van der Waals surface area (Å²) < 4.78 is 22.7. The normalized spacial score (nSPS) is 26.1. The lowest BCUT2D eigenvalue weighted by Gasteiger charge is -2.36. The number of phosphoric ester groups is 1. The van der Waals surface area contributed by atoms with Gasteiger partial charge in [0.25, 0.3) is 5.56 Å². The van der Waals surface area contributed by atoms with E-state index in [9.17, 15) is 14.2 Å². The molecule has 1 aromatic heterocycles. The molecule has 0 radical (unpaired) electrons. The third kappa shape index (κ3) is 3.93. The summed E-state index contributed by atoms with van der Waals surface area (Å²) in [5, 5.41) is 0. The Bertz CT molecular complexity index is 691. The van der Waals surface area contributed by atoms with Crippen molar-refractivity contribution in [2.24, 2.45) is 0 Å². The number of rotatable bonds is 4. The minimum Gasteiger partial charge on any atom is -0.352 e. The Hall–Kier alpha value is -1.25. The third-order valence-electron chi connectivity index (χ3n) is 3.58. The van der Waals surface area contributed by atoms with Gasteiger partial charge in [-0.1, -0.05) is 6.92 Å². The van der Waals surface area contributed by atoms with Crippen LogP contribution in [0.25, 0.3) is 0 Å². The molecule has 10 heteroatoms. The van der Waals surface area contributed by atoms with Gasteiger partial charge < -0.3 is 14.5 Å². The molecule has 1 aliphatic heterocycles. The molecule has 1 fully saturated rings. The first-order valence-corrected chi connectivity index (χ1v) is 8.45. The molecule has 1 saturated heterocycles. The van der Waals surface area contributed by atoms with Crippen LogP contribution in [0.15, 0.2) is 15.8 Å². The molecule has 2 rings (SSSR count). The fourth-order valence-electron chi connectivity index (χ4n) is 2.51. The Morgan fingerprint density at radius 1 is 1.45 bits per heavy atom. The second kappa shape index (κ2) is 6.47. The van der Waals surface area contributed by atoms with Crippen LogP contribution in [0.3, 0.4) is 0 Å². The van der Waals surface area contributed by atoms with E-state index in [1.54, 1.807) is 13.8 Å². The number of nitrogens with zero attached hydrogens (tertiary/aromatic N) is 1. The smallest absolute Gasteiger partial charge is 0.352 e. The number of hydrogen-bond donors (Lipinski definition) is 3. The van der Waals surface area contributed by atoms with Crippen LogP contribution in [-0.2, 0) is 13.8 Å². The van der Waals surface area contributed by atoms with E-state index in [-0.39, 0.29) is 0 Å². The van der Waals surface area contributed by atoms with Crippen LogP contribution in [0.1, 0.15) is 38.0 Å². The topological polar surface area (TPSA) is 131 Å². The quantitative estimate of drug-likeness (QED) is 0.680. The van der Waals surface area contributed by atoms with E-state index in [4.69, 9.17) is 19.0 Å². The van der Waals surface area contributed by atoms with Gasteiger partial charge in [0.15, 0.2) is 0 Å². The number of aryl methyl sites for hydroxylation is 1. The Morgan fingerprint density at radius 2 is 2.14 bits per heavy atom. The standard InChI is InChI=1S/C12H19N2O7P/c1-3-8-9(21-22(17,18)19)4-5-10(20-8)14-6-7(2)11(15)13-12(14)16/h6,8-10H,3-5H2,1-2H3,(H,13,15,16)(H2,17,18,19)/t8-,9?,10-/m1/s1. The molecular weight excluding hydrogens is 315 g/mol. The van der Waals surface area contributed by atoms with Crippen molar-refractivity contribution < 1.29 is 23.6 Å². The van der Waals surface area contributed by atoms with E-state index in [0.717, 1.165) is 0 Å². The predicted octanol–water partition coefficient (Wildman–Crippen LogP) is 0.411. The van der Waals surface area contributed by atoms with E-state index in [2.05, 4.69) is 4.98 Å². The van der Waals surface area contributed by atoms with Crippen LogP contribution >= 0.6 is 7.82 Å². The lowest BCUT2D eigenvalue weighted by atomic mass is 10.0. The summed E-state index contributed by atoms with van der Waals surface area (Å²) in [4.78, 5) is 43.3. The average molecular weight is 334 g/mol. The van der Waals surface area contributed by atoms with Gasteiger partial charge in [0.05, 0.1) is 12.2 Å². The van der Waals surface area contributed by atoms with Gasteiger partial charge in [0.2, 0.25) is 0 Å². The summed E-state index contributed by atoms with van der Waals surface area (Å²) in [5.41, 5.74) is -0.651. The Morgan fingerprint density at radius 3 is 2.73 bits per heavy atom.